The average molecular weight is 329 g/mol. The van der Waals surface area contributed by atoms with E-state index in [1.165, 1.54) is 32.1 Å². The highest BCUT2D eigenvalue weighted by molar-refractivity contribution is 4.63. The SMILES string of the molecule is CC(N)CCC(C)CNCCCCCNCC(C)CCC(C)N. The summed E-state index contributed by atoms with van der Waals surface area (Å²) in [4.78, 5) is 0. The zero-order valence-electron chi connectivity index (χ0n) is 16.2. The van der Waals surface area contributed by atoms with Gasteiger partial charge in [-0.15, -0.1) is 0 Å². The average Bonchev–Trinajstić information content (AvgIpc) is 2.49. The number of rotatable bonds is 16. The molecule has 4 nitrogen and oxygen atoms in total. The van der Waals surface area contributed by atoms with Gasteiger partial charge in [0.05, 0.1) is 0 Å². The van der Waals surface area contributed by atoms with E-state index in [0.717, 1.165) is 50.9 Å². The number of nitrogens with two attached hydrogens (primary N) is 2. The lowest BCUT2D eigenvalue weighted by molar-refractivity contribution is 0.434. The van der Waals surface area contributed by atoms with Crippen molar-refractivity contribution in [3.63, 3.8) is 0 Å². The largest absolute Gasteiger partial charge is 0.328 e. The molecular weight excluding hydrogens is 284 g/mol. The van der Waals surface area contributed by atoms with E-state index >= 15 is 0 Å². The van der Waals surface area contributed by atoms with Gasteiger partial charge in [0, 0.05) is 12.1 Å². The second kappa shape index (κ2) is 15.4. The highest BCUT2D eigenvalue weighted by atomic mass is 14.9. The van der Waals surface area contributed by atoms with Crippen LogP contribution in [-0.4, -0.2) is 38.3 Å². The van der Waals surface area contributed by atoms with E-state index in [4.69, 9.17) is 11.5 Å². The molecule has 0 aromatic heterocycles. The fraction of sp³-hybridized carbons (Fsp3) is 1.00. The van der Waals surface area contributed by atoms with E-state index in [1.807, 2.05) is 0 Å². The first kappa shape index (κ1) is 22.8. The van der Waals surface area contributed by atoms with Crippen LogP contribution in [0.25, 0.3) is 0 Å². The van der Waals surface area contributed by atoms with Gasteiger partial charge >= 0.3 is 0 Å². The van der Waals surface area contributed by atoms with Crippen molar-refractivity contribution in [1.82, 2.24) is 10.6 Å². The minimum Gasteiger partial charge on any atom is -0.328 e. The summed E-state index contributed by atoms with van der Waals surface area (Å²) in [6.07, 6.45) is 8.60. The Hall–Kier alpha value is -0.160. The van der Waals surface area contributed by atoms with Crippen LogP contribution in [-0.2, 0) is 0 Å². The molecule has 4 heteroatoms. The summed E-state index contributed by atoms with van der Waals surface area (Å²) < 4.78 is 0. The number of unbranched alkanes of at least 4 members (excludes halogenated alkanes) is 2. The third kappa shape index (κ3) is 18.0. The summed E-state index contributed by atoms with van der Waals surface area (Å²) in [5, 5.41) is 7.14. The van der Waals surface area contributed by atoms with Gasteiger partial charge in [-0.2, -0.15) is 0 Å². The molecule has 0 heterocycles. The first-order chi connectivity index (χ1) is 10.9. The second-order valence-corrected chi connectivity index (χ2v) is 7.79. The van der Waals surface area contributed by atoms with E-state index in [2.05, 4.69) is 38.3 Å². The van der Waals surface area contributed by atoms with Crippen LogP contribution in [0.3, 0.4) is 0 Å². The maximum absolute atomic E-state index is 5.79. The molecule has 0 radical (unpaired) electrons. The Bertz CT molecular complexity index is 220. The topological polar surface area (TPSA) is 76.1 Å². The van der Waals surface area contributed by atoms with Crippen LogP contribution in [0.15, 0.2) is 0 Å². The summed E-state index contributed by atoms with van der Waals surface area (Å²) in [6.45, 7) is 13.4. The monoisotopic (exact) mass is 328 g/mol. The normalized spacial score (nSPS) is 17.0. The molecule has 0 saturated heterocycles. The predicted octanol–water partition coefficient (Wildman–Crippen LogP) is 2.86. The zero-order chi connectivity index (χ0) is 17.5. The molecule has 0 fully saturated rings. The predicted molar refractivity (Wildman–Crippen MR) is 104 cm³/mol. The minimum atomic E-state index is 0.339. The van der Waals surface area contributed by atoms with Gasteiger partial charge in [-0.05, 0) is 90.4 Å². The van der Waals surface area contributed by atoms with Gasteiger partial charge in [-0.3, -0.25) is 0 Å². The summed E-state index contributed by atoms with van der Waals surface area (Å²) in [5.41, 5.74) is 11.6. The van der Waals surface area contributed by atoms with Gasteiger partial charge in [-0.25, -0.2) is 0 Å². The molecule has 0 aliphatic heterocycles. The molecule has 0 aromatic carbocycles. The molecule has 0 bridgehead atoms. The maximum Gasteiger partial charge on any atom is 0.00105 e. The van der Waals surface area contributed by atoms with Crippen molar-refractivity contribution < 1.29 is 0 Å². The first-order valence-corrected chi connectivity index (χ1v) is 9.84. The van der Waals surface area contributed by atoms with Gasteiger partial charge in [0.15, 0.2) is 0 Å². The van der Waals surface area contributed by atoms with Crippen LogP contribution in [0.5, 0.6) is 0 Å². The van der Waals surface area contributed by atoms with Gasteiger partial charge in [0.1, 0.15) is 0 Å². The smallest absolute Gasteiger partial charge is 0.00105 e. The lowest BCUT2D eigenvalue weighted by atomic mass is 10.0. The zero-order valence-corrected chi connectivity index (χ0v) is 16.2. The molecule has 0 aliphatic rings. The third-order valence-electron chi connectivity index (χ3n) is 4.42. The molecule has 4 unspecified atom stereocenters. The highest BCUT2D eigenvalue weighted by Crippen LogP contribution is 2.06. The van der Waals surface area contributed by atoms with Crippen LogP contribution in [0.1, 0.15) is 72.6 Å². The summed E-state index contributed by atoms with van der Waals surface area (Å²) in [7, 11) is 0. The summed E-state index contributed by atoms with van der Waals surface area (Å²) in [6, 6.07) is 0.678. The van der Waals surface area contributed by atoms with Crippen molar-refractivity contribution >= 4 is 0 Å². The van der Waals surface area contributed by atoms with Crippen molar-refractivity contribution in [2.45, 2.75) is 84.7 Å². The fourth-order valence-corrected chi connectivity index (χ4v) is 2.67. The Morgan fingerprint density at radius 2 is 1.00 bits per heavy atom. The van der Waals surface area contributed by atoms with Gasteiger partial charge in [-0.1, -0.05) is 20.3 Å². The van der Waals surface area contributed by atoms with Crippen molar-refractivity contribution in [2.75, 3.05) is 26.2 Å². The molecule has 0 aromatic rings. The molecule has 0 rings (SSSR count). The molecule has 140 valence electrons. The van der Waals surface area contributed by atoms with Crippen molar-refractivity contribution in [3.8, 4) is 0 Å². The molecule has 4 atom stereocenters. The Morgan fingerprint density at radius 3 is 1.35 bits per heavy atom. The van der Waals surface area contributed by atoms with Crippen LogP contribution < -0.4 is 22.1 Å². The maximum atomic E-state index is 5.79. The van der Waals surface area contributed by atoms with E-state index in [9.17, 15) is 0 Å². The van der Waals surface area contributed by atoms with Crippen LogP contribution in [0.4, 0.5) is 0 Å². The number of hydrogen-bond donors (Lipinski definition) is 4. The first-order valence-electron chi connectivity index (χ1n) is 9.84. The Balaban J connectivity index is 3.24. The standard InChI is InChI=1S/C19H44N4/c1-16(8-10-18(3)20)14-22-12-6-5-7-13-23-15-17(2)9-11-19(4)21/h16-19,22-23H,5-15,20-21H2,1-4H3. The quantitative estimate of drug-likeness (QED) is 0.329. The molecule has 0 amide bonds. The summed E-state index contributed by atoms with van der Waals surface area (Å²) >= 11 is 0. The van der Waals surface area contributed by atoms with Crippen molar-refractivity contribution in [3.05, 3.63) is 0 Å². The van der Waals surface area contributed by atoms with Gasteiger partial charge in [0.25, 0.3) is 0 Å². The highest BCUT2D eigenvalue weighted by Gasteiger charge is 2.04. The minimum absolute atomic E-state index is 0.339. The molecular formula is C19H44N4. The molecule has 0 aliphatic carbocycles. The molecule has 0 saturated carbocycles. The molecule has 23 heavy (non-hydrogen) atoms. The second-order valence-electron chi connectivity index (χ2n) is 7.79. The van der Waals surface area contributed by atoms with E-state index < -0.39 is 0 Å². The van der Waals surface area contributed by atoms with E-state index in [0.29, 0.717) is 12.1 Å². The van der Waals surface area contributed by atoms with Gasteiger partial charge < -0.3 is 22.1 Å². The van der Waals surface area contributed by atoms with Crippen LogP contribution in [0.2, 0.25) is 0 Å². The van der Waals surface area contributed by atoms with Crippen molar-refractivity contribution in [1.29, 1.82) is 0 Å². The lowest BCUT2D eigenvalue weighted by Gasteiger charge is -2.14. The van der Waals surface area contributed by atoms with Crippen LogP contribution in [0, 0.1) is 11.8 Å². The van der Waals surface area contributed by atoms with Crippen molar-refractivity contribution in [2.24, 2.45) is 23.3 Å². The molecule has 6 N–H and O–H groups in total. The summed E-state index contributed by atoms with van der Waals surface area (Å²) in [5.74, 6) is 1.47. The Kier molecular flexibility index (Phi) is 15.3. The Morgan fingerprint density at radius 1 is 0.609 bits per heavy atom. The van der Waals surface area contributed by atoms with Crippen LogP contribution >= 0.6 is 0 Å². The van der Waals surface area contributed by atoms with Gasteiger partial charge in [0.2, 0.25) is 0 Å². The molecule has 0 spiro atoms. The van der Waals surface area contributed by atoms with E-state index in [1.54, 1.807) is 0 Å². The van der Waals surface area contributed by atoms with E-state index in [-0.39, 0.29) is 0 Å². The number of hydrogen-bond acceptors (Lipinski definition) is 4. The Labute approximate surface area is 145 Å². The number of nitrogens with one attached hydrogen (secondary N) is 2. The fourth-order valence-electron chi connectivity index (χ4n) is 2.67. The lowest BCUT2D eigenvalue weighted by Crippen LogP contribution is -2.25. The third-order valence-corrected chi connectivity index (χ3v) is 4.42.